The second kappa shape index (κ2) is 15.6. The number of carbonyl (C=O) groups is 2. The molecule has 48 heavy (non-hydrogen) atoms. The Bertz CT molecular complexity index is 1610. The lowest BCUT2D eigenvalue weighted by Crippen LogP contribution is -2.62. The number of methoxy groups -OCH3 is 1. The Morgan fingerprint density at radius 2 is 1.94 bits per heavy atom. The number of amides is 3. The van der Waals surface area contributed by atoms with Crippen LogP contribution in [0.25, 0.3) is 0 Å². The molecule has 1 saturated carbocycles. The highest BCUT2D eigenvalue weighted by molar-refractivity contribution is 7.76. The molecule has 260 valence electrons. The summed E-state index contributed by atoms with van der Waals surface area (Å²) in [5.74, 6) is 0.581. The number of nitrogens with one attached hydrogen (secondary N) is 2. The lowest BCUT2D eigenvalue weighted by Gasteiger charge is -2.43. The van der Waals surface area contributed by atoms with Crippen LogP contribution in [-0.2, 0) is 28.3 Å². The Morgan fingerprint density at radius 1 is 1.10 bits per heavy atom. The van der Waals surface area contributed by atoms with Crippen molar-refractivity contribution < 1.29 is 23.3 Å². The van der Waals surface area contributed by atoms with Gasteiger partial charge in [0.25, 0.3) is 5.91 Å². The molecule has 2 aromatic rings. The van der Waals surface area contributed by atoms with Gasteiger partial charge >= 0.3 is 6.03 Å². The van der Waals surface area contributed by atoms with E-state index in [4.69, 9.17) is 21.1 Å². The van der Waals surface area contributed by atoms with Gasteiger partial charge in [0.2, 0.25) is 0 Å². The van der Waals surface area contributed by atoms with E-state index < -0.39 is 21.9 Å². The number of hydrogen-bond donors (Lipinski definition) is 3. The van der Waals surface area contributed by atoms with Crippen LogP contribution >= 0.6 is 11.6 Å². The summed E-state index contributed by atoms with van der Waals surface area (Å²) in [4.78, 5) is 30.8. The largest absolute Gasteiger partial charge is 0.491 e. The van der Waals surface area contributed by atoms with Gasteiger partial charge in [0.15, 0.2) is 0 Å². The Hall–Kier alpha value is -3.12. The molecule has 2 aromatic carbocycles. The van der Waals surface area contributed by atoms with Crippen LogP contribution in [0.5, 0.6) is 5.75 Å². The Labute approximate surface area is 290 Å². The van der Waals surface area contributed by atoms with Crippen molar-refractivity contribution in [3.63, 3.8) is 0 Å². The minimum atomic E-state index is -2.48. The highest BCUT2D eigenvalue weighted by atomic mass is 35.5. The number of allylic oxidation sites excluding steroid dienone is 1. The number of anilines is 1. The predicted molar refractivity (Wildman–Crippen MR) is 190 cm³/mol. The second-order valence-corrected chi connectivity index (χ2v) is 15.4. The van der Waals surface area contributed by atoms with E-state index in [0.29, 0.717) is 55.8 Å². The van der Waals surface area contributed by atoms with Gasteiger partial charge in [-0.1, -0.05) is 36.7 Å². The van der Waals surface area contributed by atoms with E-state index in [1.165, 1.54) is 11.1 Å². The molecule has 0 spiro atoms. The number of thiol groups is 1. The van der Waals surface area contributed by atoms with Crippen LogP contribution in [0.1, 0.15) is 60.5 Å². The zero-order chi connectivity index (χ0) is 33.8. The van der Waals surface area contributed by atoms with Crippen molar-refractivity contribution >= 4 is 39.8 Å². The van der Waals surface area contributed by atoms with Crippen molar-refractivity contribution in [3.8, 4) is 5.75 Å². The van der Waals surface area contributed by atoms with Crippen LogP contribution in [0, 0.1) is 17.8 Å². The van der Waals surface area contributed by atoms with E-state index in [1.54, 1.807) is 18.1 Å². The number of urea groups is 1. The van der Waals surface area contributed by atoms with Crippen LogP contribution in [0.4, 0.5) is 10.5 Å². The van der Waals surface area contributed by atoms with Crippen molar-refractivity contribution in [2.45, 2.75) is 69.5 Å². The molecule has 6 atom stereocenters. The van der Waals surface area contributed by atoms with Gasteiger partial charge < -0.3 is 29.9 Å². The number of nitrogens with zero attached hydrogens (tertiary/aromatic N) is 3. The van der Waals surface area contributed by atoms with Gasteiger partial charge in [-0.2, -0.15) is 4.36 Å². The zero-order valence-corrected chi connectivity index (χ0v) is 29.7. The summed E-state index contributed by atoms with van der Waals surface area (Å²) in [7, 11) is 1.14. The Balaban J connectivity index is 1.39. The standard InChI is InChI=1S/C36H48ClN5O5S/c1-23-7-6-9-32(46-3)30-14-11-27(30)20-41-19-26-10-13-28(37)17-24(26)8-4-5-16-47-33-15-12-25(18-31(33)41)34(43)40-48(45)35(23)39-36(44)42-21-29(22-42)38-2/h6,9-10,12-13,15,17-18,23,27,29-30,32,35,38,48H,4-5,7-8,11,14,16,19-22H2,1-3H3,(H,39,44)/b9-6+/t23-,27-,30+,32-,35?/m0/s1. The fraction of sp³-hybridized carbons (Fsp3) is 0.556. The molecule has 6 rings (SSSR count). The number of rotatable bonds is 3. The smallest absolute Gasteiger partial charge is 0.318 e. The normalized spacial score (nSPS) is 29.4. The summed E-state index contributed by atoms with van der Waals surface area (Å²) < 4.78 is 30.4. The van der Waals surface area contributed by atoms with Crippen LogP contribution in [0.2, 0.25) is 5.02 Å². The lowest BCUT2D eigenvalue weighted by atomic mass is 9.70. The average Bonchev–Trinajstić information content (AvgIpc) is 3.06. The number of likely N-dealkylation sites (N-methyl/N-ethyl adjacent to an activating group) is 1. The van der Waals surface area contributed by atoms with Crippen molar-refractivity contribution in [1.29, 1.82) is 0 Å². The van der Waals surface area contributed by atoms with Gasteiger partial charge in [-0.05, 0) is 105 Å². The maximum atomic E-state index is 13.8. The summed E-state index contributed by atoms with van der Waals surface area (Å²) in [6, 6.07) is 11.4. The van der Waals surface area contributed by atoms with Crippen LogP contribution in [0.3, 0.4) is 0 Å². The molecule has 4 aliphatic rings. The molecular weight excluding hydrogens is 650 g/mol. The third-order valence-corrected chi connectivity index (χ3v) is 12.2. The number of fused-ring (bicyclic) bond motifs is 3. The molecule has 1 aliphatic carbocycles. The average molecular weight is 698 g/mol. The number of ether oxygens (including phenoxy) is 2. The van der Waals surface area contributed by atoms with Crippen LogP contribution in [0.15, 0.2) is 52.9 Å². The van der Waals surface area contributed by atoms with Crippen LogP contribution in [-0.4, -0.2) is 79.0 Å². The van der Waals surface area contributed by atoms with E-state index >= 15 is 0 Å². The number of aryl methyl sites for hydroxylation is 1. The maximum Gasteiger partial charge on any atom is 0.318 e. The summed E-state index contributed by atoms with van der Waals surface area (Å²) in [5.41, 5.74) is 3.57. The Kier molecular flexibility index (Phi) is 11.3. The quantitative estimate of drug-likeness (QED) is 0.289. The first-order valence-electron chi connectivity index (χ1n) is 17.2. The third-order valence-electron chi connectivity index (χ3n) is 10.4. The molecule has 10 nitrogen and oxygen atoms in total. The van der Waals surface area contributed by atoms with E-state index in [1.807, 2.05) is 32.2 Å². The summed E-state index contributed by atoms with van der Waals surface area (Å²) >= 11 is 6.45. The van der Waals surface area contributed by atoms with Crippen molar-refractivity contribution in [2.24, 2.45) is 22.1 Å². The van der Waals surface area contributed by atoms with Gasteiger partial charge in [0.1, 0.15) is 11.1 Å². The molecule has 12 heteroatoms. The summed E-state index contributed by atoms with van der Waals surface area (Å²) in [6.07, 6.45) is 9.54. The maximum absolute atomic E-state index is 13.8. The predicted octanol–water partition coefficient (Wildman–Crippen LogP) is 5.44. The van der Waals surface area contributed by atoms with Gasteiger partial charge in [0.05, 0.1) is 29.0 Å². The van der Waals surface area contributed by atoms with Gasteiger partial charge in [-0.15, -0.1) is 0 Å². The van der Waals surface area contributed by atoms with Crippen molar-refractivity contribution in [1.82, 2.24) is 15.5 Å². The lowest BCUT2D eigenvalue weighted by molar-refractivity contribution is 0.0133. The molecule has 0 aromatic heterocycles. The number of hydrogen-bond acceptors (Lipinski definition) is 7. The molecule has 2 fully saturated rings. The molecule has 3 heterocycles. The first kappa shape index (κ1) is 34.7. The number of carbonyl (C=O) groups excluding carboxylic acids is 2. The van der Waals surface area contributed by atoms with Crippen LogP contribution < -0.4 is 20.3 Å². The number of likely N-dealkylation sites (tertiary alicyclic amines) is 1. The highest BCUT2D eigenvalue weighted by Crippen LogP contribution is 2.42. The molecular formula is C36H48ClN5O5S. The van der Waals surface area contributed by atoms with Crippen molar-refractivity contribution in [3.05, 3.63) is 70.3 Å². The third kappa shape index (κ3) is 7.85. The molecule has 3 amide bonds. The summed E-state index contributed by atoms with van der Waals surface area (Å²) in [6.45, 7) is 5.01. The molecule has 0 radical (unpaired) electrons. The molecule has 1 saturated heterocycles. The van der Waals surface area contributed by atoms with E-state index in [9.17, 15) is 13.8 Å². The van der Waals surface area contributed by atoms with Gasteiger partial charge in [0, 0.05) is 49.9 Å². The second-order valence-electron chi connectivity index (χ2n) is 13.6. The fourth-order valence-electron chi connectivity index (χ4n) is 7.21. The van der Waals surface area contributed by atoms with Crippen molar-refractivity contribution in [2.75, 3.05) is 45.3 Å². The SMILES string of the molecule is CNC1CN(C(=O)NC2[C@@H](C)C/C=C/[C@H](OC)[C@@H]3CC[C@H]3CN3Cc4ccc(Cl)cc4CCCCOc4ccc(cc43)C(=O)/N=[SH]\2=O)C1. The fourth-order valence-corrected chi connectivity index (χ4v) is 8.60. The minimum absolute atomic E-state index is 0.0754. The molecule has 2 unspecified atom stereocenters. The molecule has 2 bridgehead atoms. The molecule has 2 N–H and O–H groups in total. The topological polar surface area (TPSA) is 113 Å². The summed E-state index contributed by atoms with van der Waals surface area (Å²) in [5, 5.41) is 6.03. The van der Waals surface area contributed by atoms with Gasteiger partial charge in [-0.3, -0.25) is 9.00 Å². The monoisotopic (exact) mass is 697 g/mol. The van der Waals surface area contributed by atoms with E-state index in [0.717, 1.165) is 49.4 Å². The van der Waals surface area contributed by atoms with E-state index in [-0.39, 0.29) is 24.1 Å². The highest BCUT2D eigenvalue weighted by Gasteiger charge is 2.38. The van der Waals surface area contributed by atoms with E-state index in [2.05, 4.69) is 44.2 Å². The molecule has 3 aliphatic heterocycles. The Morgan fingerprint density at radius 3 is 2.69 bits per heavy atom. The minimum Gasteiger partial charge on any atom is -0.491 e. The van der Waals surface area contributed by atoms with Gasteiger partial charge in [-0.25, -0.2) is 4.79 Å². The zero-order valence-electron chi connectivity index (χ0n) is 28.1. The first-order valence-corrected chi connectivity index (χ1v) is 18.8. The number of benzene rings is 2. The first-order chi connectivity index (χ1) is 23.2. The number of halogens is 1.